The maximum absolute atomic E-state index is 13.9. The van der Waals surface area contributed by atoms with Crippen LogP contribution in [0.25, 0.3) is 0 Å². The Kier molecular flexibility index (Phi) is 6.14. The second-order valence-corrected chi connectivity index (χ2v) is 8.77. The van der Waals surface area contributed by atoms with Crippen molar-refractivity contribution in [3.8, 4) is 0 Å². The van der Waals surface area contributed by atoms with Gasteiger partial charge in [-0.05, 0) is 17.7 Å². The smallest absolute Gasteiger partial charge is 0.227 e. The van der Waals surface area contributed by atoms with Gasteiger partial charge in [0.2, 0.25) is 15.9 Å². The first kappa shape index (κ1) is 19.8. The normalized spacial score (nSPS) is 15.7. The Morgan fingerprint density at radius 1 is 1.00 bits per heavy atom. The molecule has 0 radical (unpaired) electrons. The van der Waals surface area contributed by atoms with Crippen LogP contribution in [0.15, 0.2) is 48.5 Å². The van der Waals surface area contributed by atoms with E-state index in [9.17, 15) is 17.6 Å². The van der Waals surface area contributed by atoms with Crippen LogP contribution < -0.4 is 0 Å². The number of benzene rings is 2. The number of nitrogens with zero attached hydrogens (tertiary/aromatic N) is 2. The summed E-state index contributed by atoms with van der Waals surface area (Å²) in [6, 6.07) is 13.3. The van der Waals surface area contributed by atoms with Crippen LogP contribution in [0, 0.1) is 5.82 Å². The van der Waals surface area contributed by atoms with Crippen LogP contribution in [-0.4, -0.2) is 49.7 Å². The first-order chi connectivity index (χ1) is 12.9. The highest BCUT2D eigenvalue weighted by Crippen LogP contribution is 2.21. The van der Waals surface area contributed by atoms with Crippen molar-refractivity contribution in [1.82, 2.24) is 9.21 Å². The van der Waals surface area contributed by atoms with Crippen molar-refractivity contribution in [1.29, 1.82) is 0 Å². The van der Waals surface area contributed by atoms with Crippen LogP contribution in [0.4, 0.5) is 4.39 Å². The molecule has 1 aliphatic heterocycles. The van der Waals surface area contributed by atoms with Gasteiger partial charge in [-0.2, -0.15) is 4.31 Å². The summed E-state index contributed by atoms with van der Waals surface area (Å²) in [5.74, 6) is -0.839. The summed E-state index contributed by atoms with van der Waals surface area (Å²) in [5.41, 5.74) is 0.897. The van der Waals surface area contributed by atoms with Gasteiger partial charge < -0.3 is 4.90 Å². The van der Waals surface area contributed by atoms with E-state index in [2.05, 4.69) is 0 Å². The summed E-state index contributed by atoms with van der Waals surface area (Å²) in [4.78, 5) is 14.0. The van der Waals surface area contributed by atoms with Gasteiger partial charge in [-0.3, -0.25) is 4.79 Å². The Morgan fingerprint density at radius 3 is 2.30 bits per heavy atom. The third kappa shape index (κ3) is 4.86. The highest BCUT2D eigenvalue weighted by molar-refractivity contribution is 7.88. The van der Waals surface area contributed by atoms with Crippen molar-refractivity contribution in [2.75, 3.05) is 26.2 Å². The molecule has 0 bridgehead atoms. The van der Waals surface area contributed by atoms with Crippen LogP contribution in [0.1, 0.15) is 11.1 Å². The zero-order valence-corrected chi connectivity index (χ0v) is 16.2. The third-order valence-corrected chi connectivity index (χ3v) is 6.77. The minimum atomic E-state index is -3.44. The van der Waals surface area contributed by atoms with Crippen LogP contribution in [0.2, 0.25) is 5.02 Å². The van der Waals surface area contributed by atoms with E-state index in [4.69, 9.17) is 11.6 Å². The molecule has 1 amide bonds. The van der Waals surface area contributed by atoms with E-state index >= 15 is 0 Å². The molecule has 0 N–H and O–H groups in total. The lowest BCUT2D eigenvalue weighted by Gasteiger charge is -2.34. The number of carbonyl (C=O) groups is 1. The van der Waals surface area contributed by atoms with Crippen molar-refractivity contribution in [3.05, 3.63) is 70.5 Å². The van der Waals surface area contributed by atoms with E-state index in [0.29, 0.717) is 0 Å². The standard InChI is InChI=1S/C19H20ClFN2O3S/c20-17-7-4-8-18(21)16(17)13-19(24)22-9-11-23(12-10-22)27(25,26)14-15-5-2-1-3-6-15/h1-8H,9-14H2. The predicted molar refractivity (Wildman–Crippen MR) is 102 cm³/mol. The number of hydrogen-bond acceptors (Lipinski definition) is 3. The van der Waals surface area contributed by atoms with Crippen LogP contribution >= 0.6 is 11.6 Å². The number of hydrogen-bond donors (Lipinski definition) is 0. The molecule has 1 fully saturated rings. The minimum Gasteiger partial charge on any atom is -0.340 e. The summed E-state index contributed by atoms with van der Waals surface area (Å²) < 4.78 is 40.4. The molecular weight excluding hydrogens is 391 g/mol. The maximum Gasteiger partial charge on any atom is 0.227 e. The monoisotopic (exact) mass is 410 g/mol. The SMILES string of the molecule is O=C(Cc1c(F)cccc1Cl)N1CCN(S(=O)(=O)Cc2ccccc2)CC1. The Balaban J connectivity index is 1.59. The highest BCUT2D eigenvalue weighted by Gasteiger charge is 2.29. The molecule has 1 saturated heterocycles. The van der Waals surface area contributed by atoms with Gasteiger partial charge in [-0.1, -0.05) is 48.0 Å². The molecule has 144 valence electrons. The Hall–Kier alpha value is -1.96. The van der Waals surface area contributed by atoms with Crippen LogP contribution in [-0.2, 0) is 27.0 Å². The summed E-state index contributed by atoms with van der Waals surface area (Å²) >= 11 is 5.97. The molecule has 2 aromatic carbocycles. The van der Waals surface area contributed by atoms with E-state index in [1.165, 1.54) is 16.4 Å². The van der Waals surface area contributed by atoms with E-state index in [0.717, 1.165) is 5.56 Å². The molecule has 0 spiro atoms. The van der Waals surface area contributed by atoms with Gasteiger partial charge in [0.1, 0.15) is 5.82 Å². The highest BCUT2D eigenvalue weighted by atomic mass is 35.5. The zero-order chi connectivity index (χ0) is 19.4. The molecule has 0 aliphatic carbocycles. The Labute approximate surface area is 163 Å². The topological polar surface area (TPSA) is 57.7 Å². The number of sulfonamides is 1. The average Bonchev–Trinajstić information content (AvgIpc) is 2.65. The van der Waals surface area contributed by atoms with Crippen LogP contribution in [0.3, 0.4) is 0 Å². The lowest BCUT2D eigenvalue weighted by atomic mass is 10.1. The van der Waals surface area contributed by atoms with Gasteiger partial charge in [0.25, 0.3) is 0 Å². The molecule has 27 heavy (non-hydrogen) atoms. The Morgan fingerprint density at radius 2 is 1.67 bits per heavy atom. The molecule has 1 heterocycles. The van der Waals surface area contributed by atoms with Gasteiger partial charge in [-0.15, -0.1) is 0 Å². The average molecular weight is 411 g/mol. The fourth-order valence-corrected chi connectivity index (χ4v) is 4.80. The summed E-state index contributed by atoms with van der Waals surface area (Å²) in [7, 11) is -3.44. The first-order valence-electron chi connectivity index (χ1n) is 8.59. The molecule has 8 heteroatoms. The fraction of sp³-hybridized carbons (Fsp3) is 0.316. The summed E-state index contributed by atoms with van der Waals surface area (Å²) in [5, 5.41) is 0.215. The van der Waals surface area contributed by atoms with Gasteiger partial charge in [0.15, 0.2) is 0 Å². The molecule has 3 rings (SSSR count). The van der Waals surface area contributed by atoms with Crippen molar-refractivity contribution >= 4 is 27.5 Å². The number of carbonyl (C=O) groups excluding carboxylic acids is 1. The van der Waals surface area contributed by atoms with Crippen molar-refractivity contribution in [3.63, 3.8) is 0 Å². The molecular formula is C19H20ClFN2O3S. The van der Waals surface area contributed by atoms with Crippen LogP contribution in [0.5, 0.6) is 0 Å². The summed E-state index contributed by atoms with van der Waals surface area (Å²) in [6.07, 6.45) is -0.137. The quantitative estimate of drug-likeness (QED) is 0.761. The van der Waals surface area contributed by atoms with Gasteiger partial charge in [-0.25, -0.2) is 12.8 Å². The first-order valence-corrected chi connectivity index (χ1v) is 10.6. The fourth-order valence-electron chi connectivity index (χ4n) is 3.06. The Bertz CT molecular complexity index is 894. The lowest BCUT2D eigenvalue weighted by molar-refractivity contribution is -0.131. The van der Waals surface area contributed by atoms with Gasteiger partial charge in [0, 0.05) is 36.8 Å². The number of amides is 1. The summed E-state index contributed by atoms with van der Waals surface area (Å²) in [6.45, 7) is 1.01. The lowest BCUT2D eigenvalue weighted by Crippen LogP contribution is -2.51. The van der Waals surface area contributed by atoms with Crippen molar-refractivity contribution < 1.29 is 17.6 Å². The third-order valence-electron chi connectivity index (χ3n) is 4.57. The molecule has 2 aromatic rings. The molecule has 0 aromatic heterocycles. The van der Waals surface area contributed by atoms with E-state index in [1.54, 1.807) is 35.2 Å². The van der Waals surface area contributed by atoms with Gasteiger partial charge >= 0.3 is 0 Å². The minimum absolute atomic E-state index is 0.0629. The van der Waals surface area contributed by atoms with E-state index < -0.39 is 15.8 Å². The molecule has 0 atom stereocenters. The number of halogens is 2. The van der Waals surface area contributed by atoms with Crippen molar-refractivity contribution in [2.45, 2.75) is 12.2 Å². The second kappa shape index (κ2) is 8.37. The van der Waals surface area contributed by atoms with E-state index in [1.807, 2.05) is 6.07 Å². The maximum atomic E-state index is 13.9. The molecule has 1 aliphatic rings. The van der Waals surface area contributed by atoms with Gasteiger partial charge in [0.05, 0.1) is 12.2 Å². The molecule has 0 unspecified atom stereocenters. The zero-order valence-electron chi connectivity index (χ0n) is 14.6. The molecule has 0 saturated carbocycles. The number of piperazine rings is 1. The van der Waals surface area contributed by atoms with Crippen molar-refractivity contribution in [2.24, 2.45) is 0 Å². The van der Waals surface area contributed by atoms with E-state index in [-0.39, 0.29) is 54.8 Å². The molecule has 5 nitrogen and oxygen atoms in total. The largest absolute Gasteiger partial charge is 0.340 e. The predicted octanol–water partition coefficient (Wildman–Crippen LogP) is 2.70. The second-order valence-electron chi connectivity index (χ2n) is 6.40. The number of rotatable bonds is 5.